The fourth-order valence-corrected chi connectivity index (χ4v) is 3.14. The van der Waals surface area contributed by atoms with Gasteiger partial charge >= 0.3 is 6.09 Å². The SMILES string of the molecule is Cc1ccnc(NC2CCCc3cc(NC(=O)OC(C)(C)C)ccc32)n1. The second kappa shape index (κ2) is 7.32. The number of carbonyl (C=O) groups excluding carboxylic acids is 1. The van der Waals surface area contributed by atoms with Gasteiger partial charge in [0.25, 0.3) is 0 Å². The molecule has 0 aliphatic heterocycles. The number of benzene rings is 1. The number of anilines is 2. The molecule has 0 radical (unpaired) electrons. The number of ether oxygens (including phenoxy) is 1. The predicted molar refractivity (Wildman–Crippen MR) is 102 cm³/mol. The van der Waals surface area contributed by atoms with Gasteiger partial charge in [0.15, 0.2) is 0 Å². The Labute approximate surface area is 154 Å². The molecule has 26 heavy (non-hydrogen) atoms. The molecule has 0 saturated carbocycles. The zero-order valence-corrected chi connectivity index (χ0v) is 15.8. The summed E-state index contributed by atoms with van der Waals surface area (Å²) in [6.07, 6.45) is 4.43. The van der Waals surface area contributed by atoms with E-state index in [0.29, 0.717) is 5.95 Å². The number of nitrogens with zero attached hydrogens (tertiary/aromatic N) is 2. The number of amides is 1. The van der Waals surface area contributed by atoms with Gasteiger partial charge in [-0.25, -0.2) is 14.8 Å². The van der Waals surface area contributed by atoms with Gasteiger partial charge in [-0.1, -0.05) is 6.07 Å². The van der Waals surface area contributed by atoms with Crippen LogP contribution in [0.25, 0.3) is 0 Å². The Bertz CT molecular complexity index is 799. The van der Waals surface area contributed by atoms with Crippen LogP contribution >= 0.6 is 0 Å². The Kier molecular flexibility index (Phi) is 5.11. The molecule has 0 bridgehead atoms. The molecule has 3 rings (SSSR count). The lowest BCUT2D eigenvalue weighted by Crippen LogP contribution is -2.27. The highest BCUT2D eigenvalue weighted by molar-refractivity contribution is 5.85. The van der Waals surface area contributed by atoms with Crippen LogP contribution in [0.3, 0.4) is 0 Å². The molecule has 2 N–H and O–H groups in total. The van der Waals surface area contributed by atoms with Gasteiger partial charge in [-0.15, -0.1) is 0 Å². The van der Waals surface area contributed by atoms with Gasteiger partial charge in [-0.3, -0.25) is 5.32 Å². The third-order valence-electron chi connectivity index (χ3n) is 4.20. The number of rotatable bonds is 3. The topological polar surface area (TPSA) is 76.1 Å². The lowest BCUT2D eigenvalue weighted by atomic mass is 9.87. The van der Waals surface area contributed by atoms with Gasteiger partial charge in [-0.2, -0.15) is 0 Å². The first-order valence-corrected chi connectivity index (χ1v) is 8.99. The normalized spacial score (nSPS) is 16.5. The van der Waals surface area contributed by atoms with E-state index in [1.165, 1.54) is 11.1 Å². The predicted octanol–water partition coefficient (Wildman–Crippen LogP) is 4.62. The maximum absolute atomic E-state index is 12.0. The Balaban J connectivity index is 1.73. The number of carbonyl (C=O) groups is 1. The quantitative estimate of drug-likeness (QED) is 0.841. The van der Waals surface area contributed by atoms with Crippen molar-refractivity contribution in [1.82, 2.24) is 9.97 Å². The fourth-order valence-electron chi connectivity index (χ4n) is 3.14. The van der Waals surface area contributed by atoms with Crippen molar-refractivity contribution >= 4 is 17.7 Å². The molecule has 1 atom stereocenters. The van der Waals surface area contributed by atoms with Gasteiger partial charge in [0, 0.05) is 17.6 Å². The summed E-state index contributed by atoms with van der Waals surface area (Å²) in [5.41, 5.74) is 3.65. The molecule has 2 aromatic rings. The lowest BCUT2D eigenvalue weighted by Gasteiger charge is -2.27. The van der Waals surface area contributed by atoms with E-state index in [1.54, 1.807) is 6.20 Å². The molecule has 6 nitrogen and oxygen atoms in total. The minimum Gasteiger partial charge on any atom is -0.444 e. The third kappa shape index (κ3) is 4.71. The highest BCUT2D eigenvalue weighted by Crippen LogP contribution is 2.33. The van der Waals surface area contributed by atoms with Crippen molar-refractivity contribution in [3.63, 3.8) is 0 Å². The van der Waals surface area contributed by atoms with Crippen LogP contribution in [0.5, 0.6) is 0 Å². The van der Waals surface area contributed by atoms with Crippen LogP contribution in [-0.4, -0.2) is 21.7 Å². The molecule has 1 aliphatic rings. The summed E-state index contributed by atoms with van der Waals surface area (Å²) in [4.78, 5) is 20.7. The molecule has 0 spiro atoms. The first kappa shape index (κ1) is 18.2. The van der Waals surface area contributed by atoms with Crippen LogP contribution in [0.1, 0.15) is 56.5 Å². The number of hydrogen-bond acceptors (Lipinski definition) is 5. The van der Waals surface area contributed by atoms with E-state index in [2.05, 4.69) is 26.7 Å². The zero-order valence-electron chi connectivity index (χ0n) is 15.8. The summed E-state index contributed by atoms with van der Waals surface area (Å²) in [7, 11) is 0. The smallest absolute Gasteiger partial charge is 0.412 e. The number of nitrogens with one attached hydrogen (secondary N) is 2. The van der Waals surface area contributed by atoms with Crippen molar-refractivity contribution in [3.8, 4) is 0 Å². The lowest BCUT2D eigenvalue weighted by molar-refractivity contribution is 0.0636. The average Bonchev–Trinajstić information content (AvgIpc) is 2.53. The molecule has 6 heteroatoms. The first-order chi connectivity index (χ1) is 12.3. The van der Waals surface area contributed by atoms with Gasteiger partial charge in [-0.05, 0) is 76.3 Å². The molecule has 1 aromatic heterocycles. The maximum Gasteiger partial charge on any atom is 0.412 e. The zero-order chi connectivity index (χ0) is 18.7. The van der Waals surface area contributed by atoms with Crippen LogP contribution in [0.2, 0.25) is 0 Å². The highest BCUT2D eigenvalue weighted by Gasteiger charge is 2.22. The van der Waals surface area contributed by atoms with Crippen molar-refractivity contribution in [1.29, 1.82) is 0 Å². The van der Waals surface area contributed by atoms with E-state index < -0.39 is 11.7 Å². The second-order valence-corrected chi connectivity index (χ2v) is 7.65. The van der Waals surface area contributed by atoms with Crippen molar-refractivity contribution in [2.75, 3.05) is 10.6 Å². The van der Waals surface area contributed by atoms with E-state index in [1.807, 2.05) is 45.9 Å². The first-order valence-electron chi connectivity index (χ1n) is 8.99. The molecule has 1 aliphatic carbocycles. The minimum atomic E-state index is -0.513. The molecular formula is C20H26N4O2. The monoisotopic (exact) mass is 354 g/mol. The molecule has 1 unspecified atom stereocenters. The third-order valence-corrected chi connectivity index (χ3v) is 4.20. The van der Waals surface area contributed by atoms with Gasteiger partial charge in [0.2, 0.25) is 5.95 Å². The van der Waals surface area contributed by atoms with Crippen LogP contribution in [0.15, 0.2) is 30.5 Å². The summed E-state index contributed by atoms with van der Waals surface area (Å²) in [6.45, 7) is 7.51. The molecule has 0 fully saturated rings. The number of aryl methyl sites for hydroxylation is 2. The minimum absolute atomic E-state index is 0.177. The Morgan fingerprint density at radius 2 is 2.08 bits per heavy atom. The Morgan fingerprint density at radius 1 is 1.27 bits per heavy atom. The molecule has 1 heterocycles. The van der Waals surface area contributed by atoms with E-state index in [9.17, 15) is 4.79 Å². The number of fused-ring (bicyclic) bond motifs is 1. The molecular weight excluding hydrogens is 328 g/mol. The highest BCUT2D eigenvalue weighted by atomic mass is 16.6. The summed E-state index contributed by atoms with van der Waals surface area (Å²) in [6, 6.07) is 8.07. The number of hydrogen-bond donors (Lipinski definition) is 2. The molecule has 1 aromatic carbocycles. The van der Waals surface area contributed by atoms with E-state index in [0.717, 1.165) is 30.6 Å². The molecule has 1 amide bonds. The van der Waals surface area contributed by atoms with Gasteiger partial charge in [0.05, 0.1) is 6.04 Å². The van der Waals surface area contributed by atoms with E-state index in [4.69, 9.17) is 4.74 Å². The van der Waals surface area contributed by atoms with Crippen LogP contribution in [0.4, 0.5) is 16.4 Å². The van der Waals surface area contributed by atoms with Crippen LogP contribution < -0.4 is 10.6 Å². The van der Waals surface area contributed by atoms with E-state index in [-0.39, 0.29) is 6.04 Å². The summed E-state index contributed by atoms with van der Waals surface area (Å²) >= 11 is 0. The largest absolute Gasteiger partial charge is 0.444 e. The van der Waals surface area contributed by atoms with Crippen molar-refractivity contribution in [2.24, 2.45) is 0 Å². The van der Waals surface area contributed by atoms with Crippen LogP contribution in [0, 0.1) is 6.92 Å². The standard InChI is InChI=1S/C20H26N4O2/c1-13-10-11-21-18(22-13)24-17-7-5-6-14-12-15(8-9-16(14)17)23-19(25)26-20(2,3)4/h8-12,17H,5-7H2,1-4H3,(H,23,25)(H,21,22,24). The molecule has 138 valence electrons. The molecule has 0 saturated heterocycles. The summed E-state index contributed by atoms with van der Waals surface area (Å²) < 4.78 is 5.32. The summed E-state index contributed by atoms with van der Waals surface area (Å²) in [5.74, 6) is 0.652. The average molecular weight is 354 g/mol. The Morgan fingerprint density at radius 3 is 2.81 bits per heavy atom. The summed E-state index contributed by atoms with van der Waals surface area (Å²) in [5, 5.41) is 6.25. The second-order valence-electron chi connectivity index (χ2n) is 7.65. The Hall–Kier alpha value is -2.63. The van der Waals surface area contributed by atoms with Crippen molar-refractivity contribution < 1.29 is 9.53 Å². The van der Waals surface area contributed by atoms with Gasteiger partial charge < -0.3 is 10.1 Å². The number of aromatic nitrogens is 2. The fraction of sp³-hybridized carbons (Fsp3) is 0.450. The van der Waals surface area contributed by atoms with Crippen LogP contribution in [-0.2, 0) is 11.2 Å². The van der Waals surface area contributed by atoms with Crippen molar-refractivity contribution in [3.05, 3.63) is 47.3 Å². The maximum atomic E-state index is 12.0. The van der Waals surface area contributed by atoms with Crippen molar-refractivity contribution in [2.45, 2.75) is 58.6 Å². The van der Waals surface area contributed by atoms with Gasteiger partial charge in [0.1, 0.15) is 5.60 Å². The van der Waals surface area contributed by atoms with E-state index >= 15 is 0 Å².